The lowest BCUT2D eigenvalue weighted by atomic mass is 10.4. The molecule has 0 unspecified atom stereocenters. The zero-order valence-electron chi connectivity index (χ0n) is 12.0. The van der Waals surface area contributed by atoms with Gasteiger partial charge in [0.1, 0.15) is 12.4 Å². The molecule has 0 aliphatic carbocycles. The zero-order chi connectivity index (χ0) is 13.5. The number of aliphatic imine (C=N–C) groups is 1. The van der Waals surface area contributed by atoms with E-state index in [0.29, 0.717) is 19.1 Å². The molecule has 0 bridgehead atoms. The Morgan fingerprint density at radius 1 is 1.47 bits per heavy atom. The third-order valence-electron chi connectivity index (χ3n) is 2.40. The predicted molar refractivity (Wildman–Crippen MR) is 88.8 cm³/mol. The van der Waals surface area contributed by atoms with Gasteiger partial charge in [0.15, 0.2) is 11.8 Å². The van der Waals surface area contributed by atoms with Crippen LogP contribution in [0.15, 0.2) is 17.6 Å². The Morgan fingerprint density at radius 2 is 2.16 bits per heavy atom. The molecule has 1 aromatic heterocycles. The average Bonchev–Trinajstić information content (AvgIpc) is 2.63. The van der Waals surface area contributed by atoms with Crippen LogP contribution in [0, 0.1) is 6.92 Å². The van der Waals surface area contributed by atoms with Gasteiger partial charge in [0.2, 0.25) is 0 Å². The number of hydrogen-bond acceptors (Lipinski definition) is 3. The molecule has 108 valence electrons. The van der Waals surface area contributed by atoms with Crippen LogP contribution in [0.1, 0.15) is 25.5 Å². The van der Waals surface area contributed by atoms with Crippen LogP contribution in [0.4, 0.5) is 0 Å². The van der Waals surface area contributed by atoms with Crippen molar-refractivity contribution in [2.24, 2.45) is 12.0 Å². The Balaban J connectivity index is 0.00000324. The van der Waals surface area contributed by atoms with E-state index in [1.54, 1.807) is 6.08 Å². The summed E-state index contributed by atoms with van der Waals surface area (Å²) in [6.07, 6.45) is 1.80. The van der Waals surface area contributed by atoms with Crippen molar-refractivity contribution in [3.8, 4) is 0 Å². The summed E-state index contributed by atoms with van der Waals surface area (Å²) in [5, 5.41) is 14.5. The van der Waals surface area contributed by atoms with Crippen molar-refractivity contribution < 1.29 is 0 Å². The summed E-state index contributed by atoms with van der Waals surface area (Å²) in [5.41, 5.74) is 0. The highest BCUT2D eigenvalue weighted by atomic mass is 127. The fraction of sp³-hybridized carbons (Fsp3) is 0.583. The molecule has 1 heterocycles. The molecule has 0 aliphatic heterocycles. The summed E-state index contributed by atoms with van der Waals surface area (Å²) in [7, 11) is 1.94. The highest BCUT2D eigenvalue weighted by Crippen LogP contribution is 1.99. The highest BCUT2D eigenvalue weighted by Gasteiger charge is 2.05. The second-order valence-corrected chi connectivity index (χ2v) is 4.36. The van der Waals surface area contributed by atoms with Gasteiger partial charge in [-0.2, -0.15) is 0 Å². The molecule has 6 nitrogen and oxygen atoms in total. The quantitative estimate of drug-likeness (QED) is 0.352. The first kappa shape index (κ1) is 17.9. The van der Waals surface area contributed by atoms with E-state index in [1.807, 2.05) is 18.5 Å². The van der Waals surface area contributed by atoms with Crippen LogP contribution < -0.4 is 10.6 Å². The highest BCUT2D eigenvalue weighted by molar-refractivity contribution is 14.0. The summed E-state index contributed by atoms with van der Waals surface area (Å²) >= 11 is 0. The van der Waals surface area contributed by atoms with E-state index in [0.717, 1.165) is 17.6 Å². The molecule has 0 aromatic carbocycles. The fourth-order valence-corrected chi connectivity index (χ4v) is 1.33. The maximum Gasteiger partial charge on any atom is 0.192 e. The van der Waals surface area contributed by atoms with E-state index in [4.69, 9.17) is 0 Å². The van der Waals surface area contributed by atoms with Gasteiger partial charge in [-0.3, -0.25) is 0 Å². The van der Waals surface area contributed by atoms with E-state index in [1.165, 1.54) is 0 Å². The van der Waals surface area contributed by atoms with Gasteiger partial charge in [0, 0.05) is 19.6 Å². The Bertz CT molecular complexity index is 424. The molecule has 0 saturated carbocycles. The summed E-state index contributed by atoms with van der Waals surface area (Å²) in [5.74, 6) is 2.49. The second-order valence-electron chi connectivity index (χ2n) is 4.36. The first-order valence-electron chi connectivity index (χ1n) is 6.05. The van der Waals surface area contributed by atoms with Gasteiger partial charge < -0.3 is 15.2 Å². The molecule has 7 heteroatoms. The van der Waals surface area contributed by atoms with Crippen molar-refractivity contribution in [1.29, 1.82) is 0 Å². The summed E-state index contributed by atoms with van der Waals surface area (Å²) in [6, 6.07) is 0.322. The largest absolute Gasteiger partial charge is 0.354 e. The number of nitrogens with one attached hydrogen (secondary N) is 2. The molecule has 0 fully saturated rings. The molecular formula is C12H23IN6. The molecule has 1 aromatic rings. The van der Waals surface area contributed by atoms with Crippen LogP contribution in [0.3, 0.4) is 0 Å². The van der Waals surface area contributed by atoms with Gasteiger partial charge in [-0.25, -0.2) is 4.99 Å². The average molecular weight is 378 g/mol. The van der Waals surface area contributed by atoms with E-state index in [2.05, 4.69) is 46.2 Å². The van der Waals surface area contributed by atoms with Crippen LogP contribution in [-0.2, 0) is 13.6 Å². The Hall–Kier alpha value is -1.12. The van der Waals surface area contributed by atoms with Gasteiger partial charge in [0.25, 0.3) is 0 Å². The van der Waals surface area contributed by atoms with E-state index in [-0.39, 0.29) is 24.0 Å². The number of aromatic nitrogens is 3. The third-order valence-corrected chi connectivity index (χ3v) is 2.40. The number of aryl methyl sites for hydroxylation is 1. The number of halogens is 1. The monoisotopic (exact) mass is 378 g/mol. The predicted octanol–water partition coefficient (Wildman–Crippen LogP) is 1.37. The fourth-order valence-electron chi connectivity index (χ4n) is 1.33. The van der Waals surface area contributed by atoms with Crippen molar-refractivity contribution in [1.82, 2.24) is 25.4 Å². The maximum atomic E-state index is 4.47. The molecule has 0 amide bonds. The maximum absolute atomic E-state index is 4.47. The Morgan fingerprint density at radius 3 is 2.63 bits per heavy atom. The van der Waals surface area contributed by atoms with Gasteiger partial charge in [-0.15, -0.1) is 40.8 Å². The summed E-state index contributed by atoms with van der Waals surface area (Å²) in [4.78, 5) is 4.47. The number of nitrogens with zero attached hydrogens (tertiary/aromatic N) is 4. The SMILES string of the molecule is C=CCNC(=NCc1nnc(C)n1C)NC(C)C.I. The molecule has 0 spiro atoms. The molecule has 0 saturated heterocycles. The normalized spacial score (nSPS) is 11.1. The first-order valence-corrected chi connectivity index (χ1v) is 6.05. The number of hydrogen-bond donors (Lipinski definition) is 2. The molecule has 19 heavy (non-hydrogen) atoms. The van der Waals surface area contributed by atoms with Crippen molar-refractivity contribution >= 4 is 29.9 Å². The molecular weight excluding hydrogens is 355 g/mol. The zero-order valence-corrected chi connectivity index (χ0v) is 14.3. The summed E-state index contributed by atoms with van der Waals surface area (Å²) < 4.78 is 1.93. The summed E-state index contributed by atoms with van der Waals surface area (Å²) in [6.45, 7) is 10.9. The van der Waals surface area contributed by atoms with Crippen LogP contribution in [0.2, 0.25) is 0 Å². The topological polar surface area (TPSA) is 67.1 Å². The van der Waals surface area contributed by atoms with Crippen LogP contribution in [0.5, 0.6) is 0 Å². The third kappa shape index (κ3) is 6.04. The van der Waals surface area contributed by atoms with Gasteiger partial charge >= 0.3 is 0 Å². The van der Waals surface area contributed by atoms with Gasteiger partial charge in [0.05, 0.1) is 0 Å². The lowest BCUT2D eigenvalue weighted by Crippen LogP contribution is -2.41. The molecule has 0 aliphatic rings. The van der Waals surface area contributed by atoms with Crippen LogP contribution in [-0.4, -0.2) is 33.3 Å². The lowest BCUT2D eigenvalue weighted by molar-refractivity contribution is 0.698. The van der Waals surface area contributed by atoms with Crippen LogP contribution in [0.25, 0.3) is 0 Å². The second kappa shape index (κ2) is 8.89. The minimum absolute atomic E-state index is 0. The Kier molecular flexibility index (Phi) is 8.37. The molecule has 2 N–H and O–H groups in total. The Labute approximate surface area is 131 Å². The molecule has 0 radical (unpaired) electrons. The van der Waals surface area contributed by atoms with Crippen LogP contribution >= 0.6 is 24.0 Å². The first-order chi connectivity index (χ1) is 8.54. The van der Waals surface area contributed by atoms with E-state index >= 15 is 0 Å². The number of guanidine groups is 1. The molecule has 0 atom stereocenters. The van der Waals surface area contributed by atoms with Crippen molar-refractivity contribution in [3.05, 3.63) is 24.3 Å². The van der Waals surface area contributed by atoms with Crippen molar-refractivity contribution in [2.45, 2.75) is 33.4 Å². The minimum Gasteiger partial charge on any atom is -0.354 e. The van der Waals surface area contributed by atoms with Crippen molar-refractivity contribution in [3.63, 3.8) is 0 Å². The van der Waals surface area contributed by atoms with Crippen molar-refractivity contribution in [2.75, 3.05) is 6.54 Å². The molecule has 1 rings (SSSR count). The smallest absolute Gasteiger partial charge is 0.192 e. The van der Waals surface area contributed by atoms with E-state index < -0.39 is 0 Å². The lowest BCUT2D eigenvalue weighted by Gasteiger charge is -2.13. The standard InChI is InChI=1S/C12H22N6.HI/c1-6-7-13-12(15-9(2)3)14-8-11-17-16-10(4)18(11)5;/h6,9H,1,7-8H2,2-5H3,(H2,13,14,15);1H. The van der Waals surface area contributed by atoms with Gasteiger partial charge in [-0.1, -0.05) is 6.08 Å². The number of rotatable bonds is 5. The van der Waals surface area contributed by atoms with E-state index in [9.17, 15) is 0 Å². The van der Waals surface area contributed by atoms with Gasteiger partial charge in [-0.05, 0) is 20.8 Å². The minimum atomic E-state index is 0.